The number of benzene rings is 2. The molecule has 4 heteroatoms. The Kier molecular flexibility index (Phi) is 4.82. The molecule has 21 heavy (non-hydrogen) atoms. The zero-order chi connectivity index (χ0) is 15.2. The molecule has 0 fully saturated rings. The van der Waals surface area contributed by atoms with Crippen LogP contribution in [-0.4, -0.2) is 17.6 Å². The number of ether oxygens (including phenoxy) is 1. The van der Waals surface area contributed by atoms with Crippen LogP contribution in [0.1, 0.15) is 18.1 Å². The quantitative estimate of drug-likeness (QED) is 0.829. The molecule has 110 valence electrons. The van der Waals surface area contributed by atoms with Gasteiger partial charge in [0.25, 0.3) is 0 Å². The summed E-state index contributed by atoms with van der Waals surface area (Å²) in [5, 5.41) is 12.4. The SMILES string of the molecule is CCOc1ccc(CC(=O)Nc2cc(C)ccc2O)cc1. The molecule has 2 rings (SSSR count). The van der Waals surface area contributed by atoms with Crippen LogP contribution < -0.4 is 10.1 Å². The number of nitrogens with one attached hydrogen (secondary N) is 1. The Balaban J connectivity index is 1.99. The van der Waals surface area contributed by atoms with Crippen molar-refractivity contribution in [3.05, 3.63) is 53.6 Å². The van der Waals surface area contributed by atoms with E-state index in [4.69, 9.17) is 4.74 Å². The molecule has 0 bridgehead atoms. The Hall–Kier alpha value is -2.49. The van der Waals surface area contributed by atoms with E-state index < -0.39 is 0 Å². The predicted octanol–water partition coefficient (Wildman–Crippen LogP) is 3.28. The van der Waals surface area contributed by atoms with E-state index in [9.17, 15) is 9.90 Å². The van der Waals surface area contributed by atoms with Crippen LogP contribution >= 0.6 is 0 Å². The molecular weight excluding hydrogens is 266 g/mol. The second kappa shape index (κ2) is 6.79. The molecule has 0 spiro atoms. The van der Waals surface area contributed by atoms with Crippen LogP contribution in [-0.2, 0) is 11.2 Å². The van der Waals surface area contributed by atoms with Crippen LogP contribution in [0.4, 0.5) is 5.69 Å². The van der Waals surface area contributed by atoms with Crippen LogP contribution in [0.5, 0.6) is 11.5 Å². The lowest BCUT2D eigenvalue weighted by atomic mass is 10.1. The number of hydrogen-bond donors (Lipinski definition) is 2. The van der Waals surface area contributed by atoms with Crippen LogP contribution in [0, 0.1) is 6.92 Å². The Morgan fingerprint density at radius 2 is 1.90 bits per heavy atom. The molecule has 0 aliphatic heterocycles. The lowest BCUT2D eigenvalue weighted by Gasteiger charge is -2.09. The van der Waals surface area contributed by atoms with Crippen molar-refractivity contribution in [2.45, 2.75) is 20.3 Å². The maximum atomic E-state index is 12.0. The summed E-state index contributed by atoms with van der Waals surface area (Å²) in [6, 6.07) is 12.5. The van der Waals surface area contributed by atoms with Gasteiger partial charge in [0.2, 0.25) is 5.91 Å². The second-order valence-corrected chi connectivity index (χ2v) is 4.82. The molecule has 2 aromatic rings. The third kappa shape index (κ3) is 4.24. The van der Waals surface area contributed by atoms with E-state index in [2.05, 4.69) is 5.32 Å². The van der Waals surface area contributed by atoms with Crippen LogP contribution in [0.3, 0.4) is 0 Å². The van der Waals surface area contributed by atoms with Gasteiger partial charge in [0.15, 0.2) is 0 Å². The van der Waals surface area contributed by atoms with E-state index in [1.807, 2.05) is 38.1 Å². The molecule has 0 saturated heterocycles. The first-order valence-electron chi connectivity index (χ1n) is 6.89. The number of rotatable bonds is 5. The lowest BCUT2D eigenvalue weighted by Crippen LogP contribution is -2.14. The number of aryl methyl sites for hydroxylation is 1. The number of carbonyl (C=O) groups excluding carboxylic acids is 1. The van der Waals surface area contributed by atoms with Gasteiger partial charge in [0.05, 0.1) is 18.7 Å². The number of amides is 1. The normalized spacial score (nSPS) is 10.2. The zero-order valence-electron chi connectivity index (χ0n) is 12.2. The monoisotopic (exact) mass is 285 g/mol. The number of aromatic hydroxyl groups is 1. The minimum atomic E-state index is -0.167. The number of hydrogen-bond acceptors (Lipinski definition) is 3. The summed E-state index contributed by atoms with van der Waals surface area (Å²) in [7, 11) is 0. The fourth-order valence-corrected chi connectivity index (χ4v) is 2.00. The van der Waals surface area contributed by atoms with E-state index in [-0.39, 0.29) is 18.1 Å². The van der Waals surface area contributed by atoms with E-state index in [0.29, 0.717) is 12.3 Å². The first kappa shape index (κ1) is 14.9. The molecule has 0 saturated carbocycles. The molecule has 1 amide bonds. The summed E-state index contributed by atoms with van der Waals surface area (Å²) < 4.78 is 5.36. The summed E-state index contributed by atoms with van der Waals surface area (Å²) >= 11 is 0. The molecule has 0 radical (unpaired) electrons. The smallest absolute Gasteiger partial charge is 0.228 e. The fraction of sp³-hybridized carbons (Fsp3) is 0.235. The molecular formula is C17H19NO3. The van der Waals surface area contributed by atoms with Crippen LogP contribution in [0.15, 0.2) is 42.5 Å². The van der Waals surface area contributed by atoms with Gasteiger partial charge in [-0.25, -0.2) is 0 Å². The van der Waals surface area contributed by atoms with Crippen molar-refractivity contribution in [3.8, 4) is 11.5 Å². The maximum Gasteiger partial charge on any atom is 0.228 e. The van der Waals surface area contributed by atoms with Gasteiger partial charge in [-0.1, -0.05) is 18.2 Å². The number of carbonyl (C=O) groups is 1. The standard InChI is InChI=1S/C17H19NO3/c1-3-21-14-7-5-13(6-8-14)11-17(20)18-15-10-12(2)4-9-16(15)19/h4-10,19H,3,11H2,1-2H3,(H,18,20). The van der Waals surface area contributed by atoms with Crippen molar-refractivity contribution in [2.24, 2.45) is 0 Å². The summed E-state index contributed by atoms with van der Waals surface area (Å²) in [5.74, 6) is 0.693. The Bertz CT molecular complexity index is 620. The molecule has 2 aromatic carbocycles. The Labute approximate surface area is 124 Å². The largest absolute Gasteiger partial charge is 0.506 e. The van der Waals surface area contributed by atoms with Gasteiger partial charge in [0, 0.05) is 0 Å². The first-order chi connectivity index (χ1) is 10.1. The third-order valence-electron chi connectivity index (χ3n) is 3.03. The van der Waals surface area contributed by atoms with Crippen molar-refractivity contribution < 1.29 is 14.6 Å². The van der Waals surface area contributed by atoms with Crippen molar-refractivity contribution in [2.75, 3.05) is 11.9 Å². The van der Waals surface area contributed by atoms with Crippen molar-refractivity contribution >= 4 is 11.6 Å². The Morgan fingerprint density at radius 3 is 2.57 bits per heavy atom. The van der Waals surface area contributed by atoms with Gasteiger partial charge in [0.1, 0.15) is 11.5 Å². The number of anilines is 1. The highest BCUT2D eigenvalue weighted by Crippen LogP contribution is 2.24. The van der Waals surface area contributed by atoms with Crippen LogP contribution in [0.2, 0.25) is 0 Å². The van der Waals surface area contributed by atoms with E-state index in [0.717, 1.165) is 16.9 Å². The molecule has 0 aliphatic rings. The average Bonchev–Trinajstić information content (AvgIpc) is 2.45. The van der Waals surface area contributed by atoms with E-state index >= 15 is 0 Å². The topological polar surface area (TPSA) is 58.6 Å². The summed E-state index contributed by atoms with van der Waals surface area (Å²) in [6.07, 6.45) is 0.250. The minimum Gasteiger partial charge on any atom is -0.506 e. The minimum absolute atomic E-state index is 0.0700. The van der Waals surface area contributed by atoms with Gasteiger partial charge in [-0.15, -0.1) is 0 Å². The molecule has 4 nitrogen and oxygen atoms in total. The zero-order valence-corrected chi connectivity index (χ0v) is 12.2. The maximum absolute atomic E-state index is 12.0. The summed E-state index contributed by atoms with van der Waals surface area (Å²) in [4.78, 5) is 12.0. The highest BCUT2D eigenvalue weighted by molar-refractivity contribution is 5.93. The predicted molar refractivity (Wildman–Crippen MR) is 82.8 cm³/mol. The lowest BCUT2D eigenvalue weighted by molar-refractivity contribution is -0.115. The van der Waals surface area contributed by atoms with Gasteiger partial charge in [-0.05, 0) is 49.2 Å². The van der Waals surface area contributed by atoms with Gasteiger partial charge < -0.3 is 15.2 Å². The number of phenolic OH excluding ortho intramolecular Hbond substituents is 1. The average molecular weight is 285 g/mol. The Morgan fingerprint density at radius 1 is 1.19 bits per heavy atom. The highest BCUT2D eigenvalue weighted by Gasteiger charge is 2.08. The summed E-state index contributed by atoms with van der Waals surface area (Å²) in [6.45, 7) is 4.45. The molecule has 0 unspecified atom stereocenters. The van der Waals surface area contributed by atoms with Gasteiger partial charge in [-0.2, -0.15) is 0 Å². The van der Waals surface area contributed by atoms with E-state index in [1.54, 1.807) is 18.2 Å². The highest BCUT2D eigenvalue weighted by atomic mass is 16.5. The van der Waals surface area contributed by atoms with Crippen molar-refractivity contribution in [3.63, 3.8) is 0 Å². The second-order valence-electron chi connectivity index (χ2n) is 4.82. The summed E-state index contributed by atoms with van der Waals surface area (Å²) in [5.41, 5.74) is 2.30. The van der Waals surface area contributed by atoms with Crippen molar-refractivity contribution in [1.29, 1.82) is 0 Å². The number of phenols is 1. The molecule has 0 aromatic heterocycles. The molecule has 0 aliphatic carbocycles. The fourth-order valence-electron chi connectivity index (χ4n) is 2.00. The van der Waals surface area contributed by atoms with Crippen molar-refractivity contribution in [1.82, 2.24) is 0 Å². The first-order valence-corrected chi connectivity index (χ1v) is 6.89. The molecule has 0 atom stereocenters. The van der Waals surface area contributed by atoms with Crippen LogP contribution in [0.25, 0.3) is 0 Å². The van der Waals surface area contributed by atoms with Gasteiger partial charge in [-0.3, -0.25) is 4.79 Å². The van der Waals surface area contributed by atoms with E-state index in [1.165, 1.54) is 0 Å². The van der Waals surface area contributed by atoms with Gasteiger partial charge >= 0.3 is 0 Å². The molecule has 2 N–H and O–H groups in total. The molecule has 0 heterocycles. The third-order valence-corrected chi connectivity index (χ3v) is 3.03.